The van der Waals surface area contributed by atoms with Gasteiger partial charge in [0.15, 0.2) is 0 Å². The number of rotatable bonds is 4. The molecule has 1 aliphatic heterocycles. The summed E-state index contributed by atoms with van der Waals surface area (Å²) in [7, 11) is 0. The second kappa shape index (κ2) is 6.41. The quantitative estimate of drug-likeness (QED) is 0.798. The number of hydrogen-bond acceptors (Lipinski definition) is 5. The van der Waals surface area contributed by atoms with E-state index in [4.69, 9.17) is 15.7 Å². The highest BCUT2D eigenvalue weighted by molar-refractivity contribution is 5.73. The Morgan fingerprint density at radius 1 is 1.47 bits per heavy atom. The molecule has 1 saturated heterocycles. The number of para-hydroxylation sites is 1. The van der Waals surface area contributed by atoms with Crippen molar-refractivity contribution in [2.75, 3.05) is 43.9 Å². The Balaban J connectivity index is 1.95. The van der Waals surface area contributed by atoms with Crippen LogP contribution in [-0.4, -0.2) is 43.8 Å². The predicted molar refractivity (Wildman–Crippen MR) is 75.9 cm³/mol. The molecule has 2 rings (SSSR count). The average Bonchev–Trinajstić information content (AvgIpc) is 2.42. The summed E-state index contributed by atoms with van der Waals surface area (Å²) in [6.45, 7) is 6.62. The van der Waals surface area contributed by atoms with Gasteiger partial charge in [-0.1, -0.05) is 6.07 Å². The smallest absolute Gasteiger partial charge is 0.101 e. The molecule has 1 unspecified atom stereocenters. The number of morpholine rings is 1. The van der Waals surface area contributed by atoms with Gasteiger partial charge in [-0.2, -0.15) is 5.26 Å². The van der Waals surface area contributed by atoms with Gasteiger partial charge >= 0.3 is 0 Å². The molecule has 0 saturated carbocycles. The normalized spacial score (nSPS) is 17.7. The summed E-state index contributed by atoms with van der Waals surface area (Å²) in [6.07, 6.45) is 0. The van der Waals surface area contributed by atoms with Gasteiger partial charge in [0.1, 0.15) is 6.07 Å². The van der Waals surface area contributed by atoms with Crippen molar-refractivity contribution in [3.8, 4) is 6.07 Å². The van der Waals surface area contributed by atoms with Crippen molar-refractivity contribution >= 4 is 11.4 Å². The van der Waals surface area contributed by atoms with Gasteiger partial charge < -0.3 is 15.8 Å². The minimum Gasteiger partial charge on any atom is -0.396 e. The first-order valence-corrected chi connectivity index (χ1v) is 6.56. The Bertz CT molecular complexity index is 463. The minimum atomic E-state index is 0.273. The molecule has 0 aromatic heterocycles. The lowest BCUT2D eigenvalue weighted by Gasteiger charge is -2.30. The fourth-order valence-electron chi connectivity index (χ4n) is 2.27. The van der Waals surface area contributed by atoms with E-state index in [0.717, 1.165) is 38.5 Å². The van der Waals surface area contributed by atoms with Crippen LogP contribution in [0.15, 0.2) is 18.2 Å². The number of nitriles is 1. The van der Waals surface area contributed by atoms with Gasteiger partial charge in [-0.15, -0.1) is 0 Å². The number of benzene rings is 1. The number of nitrogens with one attached hydrogen (secondary N) is 1. The van der Waals surface area contributed by atoms with E-state index in [0.29, 0.717) is 11.3 Å². The van der Waals surface area contributed by atoms with Crippen LogP contribution in [0.4, 0.5) is 11.4 Å². The Kier molecular flexibility index (Phi) is 4.61. The van der Waals surface area contributed by atoms with Crippen molar-refractivity contribution in [1.82, 2.24) is 4.90 Å². The summed E-state index contributed by atoms with van der Waals surface area (Å²) >= 11 is 0. The second-order valence-electron chi connectivity index (χ2n) is 4.84. The Hall–Kier alpha value is -1.77. The molecule has 1 atom stereocenters. The van der Waals surface area contributed by atoms with Gasteiger partial charge in [0.25, 0.3) is 0 Å². The molecule has 1 aromatic carbocycles. The van der Waals surface area contributed by atoms with Crippen LogP contribution in [0.1, 0.15) is 12.5 Å². The molecule has 102 valence electrons. The molecule has 1 fully saturated rings. The highest BCUT2D eigenvalue weighted by atomic mass is 16.5. The Morgan fingerprint density at radius 2 is 2.21 bits per heavy atom. The van der Waals surface area contributed by atoms with Gasteiger partial charge in [0, 0.05) is 25.7 Å². The van der Waals surface area contributed by atoms with E-state index in [1.165, 1.54) is 0 Å². The Morgan fingerprint density at radius 3 is 2.89 bits per heavy atom. The summed E-state index contributed by atoms with van der Waals surface area (Å²) in [5, 5.41) is 12.3. The molecule has 0 amide bonds. The fourth-order valence-corrected chi connectivity index (χ4v) is 2.27. The van der Waals surface area contributed by atoms with E-state index in [9.17, 15) is 0 Å². The van der Waals surface area contributed by atoms with Crippen LogP contribution in [0, 0.1) is 11.3 Å². The average molecular weight is 260 g/mol. The van der Waals surface area contributed by atoms with E-state index >= 15 is 0 Å². The van der Waals surface area contributed by atoms with Crippen molar-refractivity contribution in [1.29, 1.82) is 5.26 Å². The summed E-state index contributed by atoms with van der Waals surface area (Å²) in [5.41, 5.74) is 7.83. The number of hydrogen-bond donors (Lipinski definition) is 2. The number of nitrogen functional groups attached to an aromatic ring is 1. The van der Waals surface area contributed by atoms with Crippen molar-refractivity contribution in [3.05, 3.63) is 23.8 Å². The van der Waals surface area contributed by atoms with Gasteiger partial charge in [0.2, 0.25) is 0 Å². The first-order chi connectivity index (χ1) is 9.20. The summed E-state index contributed by atoms with van der Waals surface area (Å²) in [6, 6.07) is 7.85. The largest absolute Gasteiger partial charge is 0.396 e. The van der Waals surface area contributed by atoms with Crippen molar-refractivity contribution < 1.29 is 4.74 Å². The Labute approximate surface area is 114 Å². The van der Waals surface area contributed by atoms with Gasteiger partial charge in [-0.3, -0.25) is 4.90 Å². The van der Waals surface area contributed by atoms with Crippen molar-refractivity contribution in [2.45, 2.75) is 13.0 Å². The van der Waals surface area contributed by atoms with Gasteiger partial charge in [-0.25, -0.2) is 0 Å². The topological polar surface area (TPSA) is 74.3 Å². The lowest BCUT2D eigenvalue weighted by molar-refractivity contribution is 0.0368. The maximum Gasteiger partial charge on any atom is 0.101 e. The van der Waals surface area contributed by atoms with E-state index in [2.05, 4.69) is 23.2 Å². The molecule has 0 spiro atoms. The molecule has 3 N–H and O–H groups in total. The molecule has 0 aliphatic carbocycles. The van der Waals surface area contributed by atoms with Crippen LogP contribution in [0.2, 0.25) is 0 Å². The second-order valence-corrected chi connectivity index (χ2v) is 4.84. The molecule has 19 heavy (non-hydrogen) atoms. The van der Waals surface area contributed by atoms with Crippen LogP contribution >= 0.6 is 0 Å². The zero-order valence-electron chi connectivity index (χ0n) is 11.2. The molecule has 1 aromatic rings. The van der Waals surface area contributed by atoms with Crippen LogP contribution in [0.3, 0.4) is 0 Å². The maximum absolute atomic E-state index is 8.96. The van der Waals surface area contributed by atoms with E-state index in [1.807, 2.05) is 12.1 Å². The molecule has 1 aliphatic rings. The van der Waals surface area contributed by atoms with Crippen LogP contribution < -0.4 is 11.1 Å². The molecule has 1 heterocycles. The first kappa shape index (κ1) is 13.7. The monoisotopic (exact) mass is 260 g/mol. The van der Waals surface area contributed by atoms with Crippen LogP contribution in [-0.2, 0) is 4.74 Å². The molecule has 5 heteroatoms. The van der Waals surface area contributed by atoms with Crippen LogP contribution in [0.25, 0.3) is 0 Å². The first-order valence-electron chi connectivity index (χ1n) is 6.56. The summed E-state index contributed by atoms with van der Waals surface area (Å²) in [4.78, 5) is 2.37. The third kappa shape index (κ3) is 3.60. The molecule has 5 nitrogen and oxygen atoms in total. The highest BCUT2D eigenvalue weighted by Gasteiger charge is 2.14. The SMILES string of the molecule is CC(CN1CCOCC1)Nc1cccc(C#N)c1N. The summed E-state index contributed by atoms with van der Waals surface area (Å²) in [5.74, 6) is 0. The van der Waals surface area contributed by atoms with Gasteiger partial charge in [0.05, 0.1) is 30.2 Å². The van der Waals surface area contributed by atoms with Crippen LogP contribution in [0.5, 0.6) is 0 Å². The summed E-state index contributed by atoms with van der Waals surface area (Å²) < 4.78 is 5.33. The number of anilines is 2. The zero-order chi connectivity index (χ0) is 13.7. The zero-order valence-corrected chi connectivity index (χ0v) is 11.2. The molecule has 0 bridgehead atoms. The third-order valence-corrected chi connectivity index (χ3v) is 3.26. The van der Waals surface area contributed by atoms with E-state index < -0.39 is 0 Å². The maximum atomic E-state index is 8.96. The van der Waals surface area contributed by atoms with E-state index in [1.54, 1.807) is 6.07 Å². The van der Waals surface area contributed by atoms with Gasteiger partial charge in [-0.05, 0) is 19.1 Å². The lowest BCUT2D eigenvalue weighted by atomic mass is 10.1. The third-order valence-electron chi connectivity index (χ3n) is 3.26. The minimum absolute atomic E-state index is 0.273. The molecular weight excluding hydrogens is 240 g/mol. The van der Waals surface area contributed by atoms with Crippen molar-refractivity contribution in [2.24, 2.45) is 0 Å². The number of nitrogens with two attached hydrogens (primary N) is 1. The fraction of sp³-hybridized carbons (Fsp3) is 0.500. The standard InChI is InChI=1S/C14H20N4O/c1-11(10-18-5-7-19-8-6-18)17-13-4-2-3-12(9-15)14(13)16/h2-4,11,17H,5-8,10,16H2,1H3. The molecule has 0 radical (unpaired) electrons. The van der Waals surface area contributed by atoms with E-state index in [-0.39, 0.29) is 6.04 Å². The number of nitrogens with zero attached hydrogens (tertiary/aromatic N) is 2. The lowest BCUT2D eigenvalue weighted by Crippen LogP contribution is -2.42. The number of ether oxygens (including phenoxy) is 1. The highest BCUT2D eigenvalue weighted by Crippen LogP contribution is 2.22. The van der Waals surface area contributed by atoms with Crippen molar-refractivity contribution in [3.63, 3.8) is 0 Å². The predicted octanol–water partition coefficient (Wildman–Crippen LogP) is 1.27. The molecular formula is C14H20N4O.